The van der Waals surface area contributed by atoms with Crippen LogP contribution in [0.4, 0.5) is 0 Å². The van der Waals surface area contributed by atoms with Gasteiger partial charge in [0.15, 0.2) is 0 Å². The molecule has 2 aromatic rings. The van der Waals surface area contributed by atoms with Gasteiger partial charge < -0.3 is 4.74 Å². The summed E-state index contributed by atoms with van der Waals surface area (Å²) in [4.78, 5) is 0. The van der Waals surface area contributed by atoms with Crippen LogP contribution in [0.2, 0.25) is 5.02 Å². The topological polar surface area (TPSA) is 55.4 Å². The lowest BCUT2D eigenvalue weighted by atomic mass is 10.2. The van der Waals surface area contributed by atoms with E-state index in [1.807, 2.05) is 12.1 Å². The molecule has 1 N–H and O–H groups in total. The van der Waals surface area contributed by atoms with Gasteiger partial charge in [0.25, 0.3) is 0 Å². The lowest BCUT2D eigenvalue weighted by Gasteiger charge is -2.08. The Morgan fingerprint density at radius 3 is 2.38 bits per heavy atom. The van der Waals surface area contributed by atoms with Gasteiger partial charge in [-0.3, -0.25) is 0 Å². The standard InChI is InChI=1S/C15H16ClNO3S/c1-20-14-8-6-12(7-9-14)10-17-21(18,19)11-13-4-2-3-5-15(13)16/h2-9,17H,10-11H2,1H3. The number of nitrogens with one attached hydrogen (secondary N) is 1. The number of methoxy groups -OCH3 is 1. The fraction of sp³-hybridized carbons (Fsp3) is 0.200. The average Bonchev–Trinajstić information content (AvgIpc) is 2.48. The molecule has 0 aliphatic rings. The second-order valence-electron chi connectivity index (χ2n) is 4.52. The quantitative estimate of drug-likeness (QED) is 0.888. The summed E-state index contributed by atoms with van der Waals surface area (Å²) in [5.74, 6) is 0.598. The second-order valence-corrected chi connectivity index (χ2v) is 6.73. The smallest absolute Gasteiger partial charge is 0.216 e. The van der Waals surface area contributed by atoms with E-state index in [4.69, 9.17) is 16.3 Å². The molecule has 0 unspecified atom stereocenters. The number of hydrogen-bond acceptors (Lipinski definition) is 3. The second kappa shape index (κ2) is 6.93. The van der Waals surface area contributed by atoms with Gasteiger partial charge in [-0.05, 0) is 29.3 Å². The van der Waals surface area contributed by atoms with E-state index in [2.05, 4.69) is 4.72 Å². The molecule has 0 heterocycles. The first kappa shape index (κ1) is 15.8. The van der Waals surface area contributed by atoms with Crippen molar-refractivity contribution in [3.8, 4) is 5.75 Å². The van der Waals surface area contributed by atoms with Crippen LogP contribution in [-0.4, -0.2) is 15.5 Å². The molecular formula is C15H16ClNO3S. The lowest BCUT2D eigenvalue weighted by Crippen LogP contribution is -2.24. The molecule has 0 saturated heterocycles. The summed E-state index contributed by atoms with van der Waals surface area (Å²) in [6.45, 7) is 0.233. The van der Waals surface area contributed by atoms with Gasteiger partial charge in [-0.2, -0.15) is 0 Å². The van der Waals surface area contributed by atoms with Crippen molar-refractivity contribution in [3.05, 3.63) is 64.7 Å². The molecule has 0 aliphatic carbocycles. The molecule has 2 aromatic carbocycles. The Morgan fingerprint density at radius 2 is 1.76 bits per heavy atom. The van der Waals surface area contributed by atoms with Crippen LogP contribution >= 0.6 is 11.6 Å². The Kier molecular flexibility index (Phi) is 5.22. The minimum absolute atomic E-state index is 0.136. The van der Waals surface area contributed by atoms with Crippen molar-refractivity contribution in [1.29, 1.82) is 0 Å². The van der Waals surface area contributed by atoms with Gasteiger partial charge in [-0.15, -0.1) is 0 Å². The van der Waals surface area contributed by atoms with Crippen molar-refractivity contribution in [2.45, 2.75) is 12.3 Å². The summed E-state index contributed by atoms with van der Waals surface area (Å²) in [5, 5.41) is 0.451. The molecule has 0 fully saturated rings. The highest BCUT2D eigenvalue weighted by atomic mass is 35.5. The van der Waals surface area contributed by atoms with Crippen molar-refractivity contribution in [2.75, 3.05) is 7.11 Å². The van der Waals surface area contributed by atoms with E-state index in [-0.39, 0.29) is 12.3 Å². The molecule has 0 saturated carbocycles. The van der Waals surface area contributed by atoms with Crippen molar-refractivity contribution in [2.24, 2.45) is 0 Å². The highest BCUT2D eigenvalue weighted by Gasteiger charge is 2.13. The Bertz CT molecular complexity index is 699. The van der Waals surface area contributed by atoms with Crippen molar-refractivity contribution in [3.63, 3.8) is 0 Å². The molecule has 0 amide bonds. The van der Waals surface area contributed by atoms with Crippen LogP contribution in [-0.2, 0) is 22.3 Å². The molecule has 6 heteroatoms. The predicted molar refractivity (Wildman–Crippen MR) is 83.9 cm³/mol. The summed E-state index contributed by atoms with van der Waals surface area (Å²) in [5.41, 5.74) is 1.44. The molecule has 0 bridgehead atoms. The average molecular weight is 326 g/mol. The molecule has 0 spiro atoms. The summed E-state index contributed by atoms with van der Waals surface area (Å²) in [6.07, 6.45) is 0. The van der Waals surface area contributed by atoms with Crippen LogP contribution in [0, 0.1) is 0 Å². The van der Waals surface area contributed by atoms with E-state index in [9.17, 15) is 8.42 Å². The van der Waals surface area contributed by atoms with Gasteiger partial charge in [0.1, 0.15) is 5.75 Å². The number of halogens is 1. The Labute approximate surface area is 129 Å². The van der Waals surface area contributed by atoms with Gasteiger partial charge in [0.2, 0.25) is 10.0 Å². The van der Waals surface area contributed by atoms with Gasteiger partial charge >= 0.3 is 0 Å². The van der Waals surface area contributed by atoms with Crippen molar-refractivity contribution < 1.29 is 13.2 Å². The maximum Gasteiger partial charge on any atom is 0.216 e. The van der Waals surface area contributed by atoms with Crippen LogP contribution in [0.5, 0.6) is 5.75 Å². The van der Waals surface area contributed by atoms with E-state index in [1.165, 1.54) is 0 Å². The third kappa shape index (κ3) is 4.74. The van der Waals surface area contributed by atoms with E-state index in [1.54, 1.807) is 43.5 Å². The normalized spacial score (nSPS) is 11.3. The molecule has 112 valence electrons. The molecule has 21 heavy (non-hydrogen) atoms. The number of benzene rings is 2. The van der Waals surface area contributed by atoms with E-state index < -0.39 is 10.0 Å². The van der Waals surface area contributed by atoms with Crippen LogP contribution in [0.1, 0.15) is 11.1 Å². The minimum atomic E-state index is -3.44. The molecular weight excluding hydrogens is 310 g/mol. The Morgan fingerprint density at radius 1 is 1.10 bits per heavy atom. The maximum absolute atomic E-state index is 12.1. The van der Waals surface area contributed by atoms with Gasteiger partial charge in [-0.25, -0.2) is 13.1 Å². The summed E-state index contributed by atoms with van der Waals surface area (Å²) >= 11 is 5.97. The minimum Gasteiger partial charge on any atom is -0.497 e. The van der Waals surface area contributed by atoms with Gasteiger partial charge in [-0.1, -0.05) is 41.9 Å². The van der Waals surface area contributed by atoms with E-state index in [0.717, 1.165) is 11.3 Å². The largest absolute Gasteiger partial charge is 0.497 e. The first-order valence-electron chi connectivity index (χ1n) is 6.34. The number of sulfonamides is 1. The molecule has 0 aliphatic heterocycles. The monoisotopic (exact) mass is 325 g/mol. The SMILES string of the molecule is COc1ccc(CNS(=O)(=O)Cc2ccccc2Cl)cc1. The molecule has 2 rings (SSSR count). The Balaban J connectivity index is 1.99. The lowest BCUT2D eigenvalue weighted by molar-refractivity contribution is 0.414. The molecule has 0 radical (unpaired) electrons. The maximum atomic E-state index is 12.1. The molecule has 4 nitrogen and oxygen atoms in total. The highest BCUT2D eigenvalue weighted by Crippen LogP contribution is 2.17. The highest BCUT2D eigenvalue weighted by molar-refractivity contribution is 7.88. The zero-order valence-electron chi connectivity index (χ0n) is 11.5. The van der Waals surface area contributed by atoms with Crippen LogP contribution < -0.4 is 9.46 Å². The molecule has 0 aromatic heterocycles. The number of ether oxygens (including phenoxy) is 1. The third-order valence-electron chi connectivity index (χ3n) is 2.96. The zero-order chi connectivity index (χ0) is 15.3. The number of hydrogen-bond donors (Lipinski definition) is 1. The predicted octanol–water partition coefficient (Wildman–Crippen LogP) is 2.97. The summed E-state index contributed by atoms with van der Waals surface area (Å²) in [7, 11) is -1.85. The van der Waals surface area contributed by atoms with Crippen LogP contribution in [0.25, 0.3) is 0 Å². The van der Waals surface area contributed by atoms with E-state index in [0.29, 0.717) is 10.6 Å². The number of rotatable bonds is 6. The fourth-order valence-electron chi connectivity index (χ4n) is 1.81. The van der Waals surface area contributed by atoms with E-state index >= 15 is 0 Å². The summed E-state index contributed by atoms with van der Waals surface area (Å²) in [6, 6.07) is 14.1. The van der Waals surface area contributed by atoms with Crippen molar-refractivity contribution in [1.82, 2.24) is 4.72 Å². The van der Waals surface area contributed by atoms with Crippen LogP contribution in [0.15, 0.2) is 48.5 Å². The van der Waals surface area contributed by atoms with Crippen molar-refractivity contribution >= 4 is 21.6 Å². The fourth-order valence-corrected chi connectivity index (χ4v) is 3.24. The first-order valence-corrected chi connectivity index (χ1v) is 8.37. The molecule has 0 atom stereocenters. The first-order chi connectivity index (χ1) is 10.00. The summed E-state index contributed by atoms with van der Waals surface area (Å²) < 4.78 is 31.7. The van der Waals surface area contributed by atoms with Crippen LogP contribution in [0.3, 0.4) is 0 Å². The Hall–Kier alpha value is -1.56. The van der Waals surface area contributed by atoms with Gasteiger partial charge in [0, 0.05) is 11.6 Å². The van der Waals surface area contributed by atoms with Gasteiger partial charge in [0.05, 0.1) is 12.9 Å². The zero-order valence-corrected chi connectivity index (χ0v) is 13.1. The third-order valence-corrected chi connectivity index (χ3v) is 4.60.